The SMILES string of the molecule is CC(Oc1cccc(Cl)c1)C(=O)NCC(C(=O)O)C(C)C. The van der Waals surface area contributed by atoms with Crippen molar-refractivity contribution in [2.24, 2.45) is 11.8 Å². The van der Waals surface area contributed by atoms with Gasteiger partial charge in [0.25, 0.3) is 5.91 Å². The summed E-state index contributed by atoms with van der Waals surface area (Å²) in [6.45, 7) is 5.28. The number of carbonyl (C=O) groups excluding carboxylic acids is 1. The number of rotatable bonds is 7. The van der Waals surface area contributed by atoms with Crippen LogP contribution in [0.25, 0.3) is 0 Å². The van der Waals surface area contributed by atoms with Crippen LogP contribution in [0.3, 0.4) is 0 Å². The predicted molar refractivity (Wildman–Crippen MR) is 80.5 cm³/mol. The van der Waals surface area contributed by atoms with Gasteiger partial charge in [-0.3, -0.25) is 9.59 Å². The lowest BCUT2D eigenvalue weighted by Gasteiger charge is -2.19. The van der Waals surface area contributed by atoms with Crippen molar-refractivity contribution >= 4 is 23.5 Å². The summed E-state index contributed by atoms with van der Waals surface area (Å²) in [4.78, 5) is 23.0. The minimum Gasteiger partial charge on any atom is -0.481 e. The molecule has 0 radical (unpaired) electrons. The van der Waals surface area contributed by atoms with E-state index in [0.29, 0.717) is 10.8 Å². The molecule has 1 amide bonds. The average molecular weight is 314 g/mol. The largest absolute Gasteiger partial charge is 0.481 e. The van der Waals surface area contributed by atoms with Crippen LogP contribution in [0.2, 0.25) is 5.02 Å². The Morgan fingerprint density at radius 2 is 2.00 bits per heavy atom. The van der Waals surface area contributed by atoms with Gasteiger partial charge in [-0.2, -0.15) is 0 Å². The molecule has 0 heterocycles. The van der Waals surface area contributed by atoms with Gasteiger partial charge in [-0.25, -0.2) is 0 Å². The number of carbonyl (C=O) groups is 2. The molecule has 0 saturated heterocycles. The molecule has 0 spiro atoms. The number of hydrogen-bond donors (Lipinski definition) is 2. The van der Waals surface area contributed by atoms with Crippen molar-refractivity contribution < 1.29 is 19.4 Å². The Morgan fingerprint density at radius 3 is 2.52 bits per heavy atom. The second-order valence-electron chi connectivity index (χ2n) is 5.15. The van der Waals surface area contributed by atoms with Gasteiger partial charge in [0.05, 0.1) is 5.92 Å². The normalized spacial score (nSPS) is 13.6. The van der Waals surface area contributed by atoms with Gasteiger partial charge in [0.1, 0.15) is 5.75 Å². The molecule has 2 N–H and O–H groups in total. The van der Waals surface area contributed by atoms with Crippen LogP contribution in [0.15, 0.2) is 24.3 Å². The maximum Gasteiger partial charge on any atom is 0.308 e. The highest BCUT2D eigenvalue weighted by molar-refractivity contribution is 6.30. The number of halogens is 1. The van der Waals surface area contributed by atoms with Crippen LogP contribution in [0.4, 0.5) is 0 Å². The van der Waals surface area contributed by atoms with Crippen molar-refractivity contribution in [3.8, 4) is 5.75 Å². The fraction of sp³-hybridized carbons (Fsp3) is 0.467. The number of aliphatic carboxylic acids is 1. The molecule has 6 heteroatoms. The lowest BCUT2D eigenvalue weighted by atomic mass is 9.96. The van der Waals surface area contributed by atoms with Crippen molar-refractivity contribution in [3.63, 3.8) is 0 Å². The Labute approximate surface area is 129 Å². The number of hydrogen-bond acceptors (Lipinski definition) is 3. The minimum atomic E-state index is -0.922. The molecule has 0 aromatic heterocycles. The van der Waals surface area contributed by atoms with Crippen LogP contribution in [0.5, 0.6) is 5.75 Å². The van der Waals surface area contributed by atoms with E-state index in [2.05, 4.69) is 5.32 Å². The van der Waals surface area contributed by atoms with Crippen LogP contribution < -0.4 is 10.1 Å². The Kier molecular flexibility index (Phi) is 6.49. The van der Waals surface area contributed by atoms with Crippen LogP contribution >= 0.6 is 11.6 Å². The maximum atomic E-state index is 11.9. The fourth-order valence-corrected chi connectivity index (χ4v) is 1.94. The van der Waals surface area contributed by atoms with Crippen LogP contribution in [-0.4, -0.2) is 29.6 Å². The van der Waals surface area contributed by atoms with Crippen LogP contribution in [-0.2, 0) is 9.59 Å². The highest BCUT2D eigenvalue weighted by Crippen LogP contribution is 2.18. The first-order chi connectivity index (χ1) is 9.81. The van der Waals surface area contributed by atoms with Gasteiger partial charge in [0.15, 0.2) is 6.10 Å². The molecule has 5 nitrogen and oxygen atoms in total. The molecular weight excluding hydrogens is 294 g/mol. The zero-order valence-electron chi connectivity index (χ0n) is 12.3. The van der Waals surface area contributed by atoms with E-state index in [4.69, 9.17) is 21.4 Å². The lowest BCUT2D eigenvalue weighted by Crippen LogP contribution is -2.41. The molecule has 2 atom stereocenters. The molecule has 0 aliphatic rings. The molecule has 0 saturated carbocycles. The van der Waals surface area contributed by atoms with Gasteiger partial charge in [-0.1, -0.05) is 31.5 Å². The highest BCUT2D eigenvalue weighted by Gasteiger charge is 2.23. The summed E-state index contributed by atoms with van der Waals surface area (Å²) in [7, 11) is 0. The van der Waals surface area contributed by atoms with E-state index in [1.165, 1.54) is 0 Å². The van der Waals surface area contributed by atoms with Gasteiger partial charge >= 0.3 is 5.97 Å². The van der Waals surface area contributed by atoms with Crippen molar-refractivity contribution in [2.75, 3.05) is 6.54 Å². The molecule has 1 aromatic rings. The standard InChI is InChI=1S/C15H20ClNO4/c1-9(2)13(15(19)20)8-17-14(18)10(3)21-12-6-4-5-11(16)7-12/h4-7,9-10,13H,8H2,1-3H3,(H,17,18)(H,19,20). The third-order valence-corrected chi connectivity index (χ3v) is 3.33. The second kappa shape index (κ2) is 7.88. The lowest BCUT2D eigenvalue weighted by molar-refractivity contribution is -0.143. The van der Waals surface area contributed by atoms with Crippen molar-refractivity contribution in [1.82, 2.24) is 5.32 Å². The molecule has 0 bridgehead atoms. The Morgan fingerprint density at radius 1 is 1.33 bits per heavy atom. The first-order valence-electron chi connectivity index (χ1n) is 6.74. The molecule has 0 aliphatic heterocycles. The van der Waals surface area contributed by atoms with Crippen LogP contribution in [0, 0.1) is 11.8 Å². The second-order valence-corrected chi connectivity index (χ2v) is 5.59. The molecule has 0 fully saturated rings. The number of carboxylic acid groups (broad SMARTS) is 1. The zero-order valence-corrected chi connectivity index (χ0v) is 13.1. The molecule has 0 aliphatic carbocycles. The smallest absolute Gasteiger partial charge is 0.308 e. The molecule has 116 valence electrons. The monoisotopic (exact) mass is 313 g/mol. The molecule has 21 heavy (non-hydrogen) atoms. The summed E-state index contributed by atoms with van der Waals surface area (Å²) in [5, 5.41) is 12.2. The van der Waals surface area contributed by atoms with E-state index in [1.807, 2.05) is 0 Å². The van der Waals surface area contributed by atoms with Crippen molar-refractivity contribution in [2.45, 2.75) is 26.9 Å². The van der Waals surface area contributed by atoms with Gasteiger partial charge < -0.3 is 15.2 Å². The number of nitrogens with one attached hydrogen (secondary N) is 1. The van der Waals surface area contributed by atoms with Crippen molar-refractivity contribution in [1.29, 1.82) is 0 Å². The van der Waals surface area contributed by atoms with Gasteiger partial charge in [-0.15, -0.1) is 0 Å². The van der Waals surface area contributed by atoms with Crippen LogP contribution in [0.1, 0.15) is 20.8 Å². The summed E-state index contributed by atoms with van der Waals surface area (Å²) >= 11 is 5.83. The van der Waals surface area contributed by atoms with Gasteiger partial charge in [0.2, 0.25) is 0 Å². The maximum absolute atomic E-state index is 11.9. The van der Waals surface area contributed by atoms with Crippen molar-refractivity contribution in [3.05, 3.63) is 29.3 Å². The quantitative estimate of drug-likeness (QED) is 0.811. The third kappa shape index (κ3) is 5.63. The zero-order chi connectivity index (χ0) is 16.0. The van der Waals surface area contributed by atoms with E-state index in [0.717, 1.165) is 0 Å². The predicted octanol–water partition coefficient (Wildman–Crippen LogP) is 2.58. The Bertz CT molecular complexity index is 504. The summed E-state index contributed by atoms with van der Waals surface area (Å²) < 4.78 is 5.47. The van der Waals surface area contributed by atoms with Gasteiger partial charge in [-0.05, 0) is 31.0 Å². The van der Waals surface area contributed by atoms with E-state index in [1.54, 1.807) is 45.0 Å². The summed E-state index contributed by atoms with van der Waals surface area (Å²) in [5.41, 5.74) is 0. The summed E-state index contributed by atoms with van der Waals surface area (Å²) in [5.74, 6) is -1.47. The van der Waals surface area contributed by atoms with E-state index < -0.39 is 18.0 Å². The highest BCUT2D eigenvalue weighted by atomic mass is 35.5. The minimum absolute atomic E-state index is 0.0630. The number of amides is 1. The van der Waals surface area contributed by atoms with E-state index in [-0.39, 0.29) is 18.4 Å². The molecular formula is C15H20ClNO4. The van der Waals surface area contributed by atoms with E-state index in [9.17, 15) is 9.59 Å². The van der Waals surface area contributed by atoms with E-state index >= 15 is 0 Å². The summed E-state index contributed by atoms with van der Waals surface area (Å²) in [6.07, 6.45) is -0.731. The Balaban J connectivity index is 2.53. The first-order valence-corrected chi connectivity index (χ1v) is 7.11. The van der Waals surface area contributed by atoms with Gasteiger partial charge in [0, 0.05) is 11.6 Å². The Hall–Kier alpha value is -1.75. The molecule has 2 unspecified atom stereocenters. The first kappa shape index (κ1) is 17.3. The molecule has 1 aromatic carbocycles. The number of benzene rings is 1. The average Bonchev–Trinajstić information content (AvgIpc) is 2.37. The number of ether oxygens (including phenoxy) is 1. The third-order valence-electron chi connectivity index (χ3n) is 3.10. The molecule has 1 rings (SSSR count). The summed E-state index contributed by atoms with van der Waals surface area (Å²) in [6, 6.07) is 6.74. The number of carboxylic acids is 1. The topological polar surface area (TPSA) is 75.6 Å². The fourth-order valence-electron chi connectivity index (χ4n) is 1.76.